The summed E-state index contributed by atoms with van der Waals surface area (Å²) in [5, 5.41) is 20.7. The monoisotopic (exact) mass is 1960 g/mol. The van der Waals surface area contributed by atoms with Crippen LogP contribution < -0.4 is 24.5 Å². The van der Waals surface area contributed by atoms with Crippen molar-refractivity contribution in [2.24, 2.45) is 0 Å². The van der Waals surface area contributed by atoms with Crippen LogP contribution in [0.5, 0.6) is 0 Å². The number of thiophene rings is 3. The Morgan fingerprint density at radius 1 is 0.444 bits per heavy atom. The number of sulfone groups is 1. The van der Waals surface area contributed by atoms with Gasteiger partial charge in [0, 0.05) is 96.5 Å². The maximum absolute atomic E-state index is 15.7. The van der Waals surface area contributed by atoms with Crippen molar-refractivity contribution in [3.8, 4) is 10.7 Å². The van der Waals surface area contributed by atoms with E-state index in [0.29, 0.717) is 152 Å². The van der Waals surface area contributed by atoms with Gasteiger partial charge in [-0.1, -0.05) is 223 Å². The molecule has 135 heavy (non-hydrogen) atoms. The number of rotatable bonds is 21. The Morgan fingerprint density at radius 3 is 1.27 bits per heavy atom. The minimum atomic E-state index is -3.47. The van der Waals surface area contributed by atoms with Crippen LogP contribution >= 0.6 is 79.9 Å². The van der Waals surface area contributed by atoms with Crippen molar-refractivity contribution in [1.82, 2.24) is 25.1 Å². The maximum atomic E-state index is 15.7. The normalized spacial score (nSPS) is 14.7. The Balaban J connectivity index is 0.000000123. The molecule has 0 atom stereocenters. The fourth-order valence-corrected chi connectivity index (χ4v) is 24.0. The third kappa shape index (κ3) is 22.8. The molecule has 5 aliphatic rings. The number of alkyl halides is 2. The zero-order valence-corrected chi connectivity index (χ0v) is 81.0. The van der Waals surface area contributed by atoms with Gasteiger partial charge in [-0.25, -0.2) is 37.9 Å². The number of benzene rings is 9. The van der Waals surface area contributed by atoms with Gasteiger partial charge >= 0.3 is 0 Å². The molecule has 23 nitrogen and oxygen atoms in total. The van der Waals surface area contributed by atoms with Crippen molar-refractivity contribution in [3.63, 3.8) is 0 Å². The molecule has 15 aromatic rings. The number of thiazole rings is 2. The number of ether oxygens (including phenoxy) is 5. The lowest BCUT2D eigenvalue weighted by molar-refractivity contribution is 0.0431. The molecule has 692 valence electrons. The molecular weight excluding hydrogens is 1870 g/mol. The molecule has 20 rings (SSSR count). The number of hydrogen-bond acceptors (Lipinski definition) is 24. The smallest absolute Gasteiger partial charge is 0.291 e. The minimum Gasteiger partial charge on any atom is -0.378 e. The lowest BCUT2D eigenvalue weighted by Crippen LogP contribution is -2.36. The van der Waals surface area contributed by atoms with Crippen LogP contribution in [-0.2, 0) is 65.1 Å². The molecule has 5 saturated heterocycles. The van der Waals surface area contributed by atoms with Crippen LogP contribution in [-0.4, -0.2) is 189 Å². The van der Waals surface area contributed by atoms with E-state index in [2.05, 4.69) is 151 Å². The highest BCUT2D eigenvalue weighted by Crippen LogP contribution is 2.54. The number of Topliss-reactive ketones (excluding diaryl/α,β-unsaturated/α-hetero) is 3. The average molecular weight is 1960 g/mol. The van der Waals surface area contributed by atoms with E-state index in [-0.39, 0.29) is 27.7 Å². The van der Waals surface area contributed by atoms with Gasteiger partial charge in [0.25, 0.3) is 5.92 Å². The number of carbonyl (C=O) groups excluding carboxylic acids is 3. The van der Waals surface area contributed by atoms with E-state index in [4.69, 9.17) is 71.6 Å². The largest absolute Gasteiger partial charge is 0.378 e. The molecule has 0 bridgehead atoms. The van der Waals surface area contributed by atoms with Crippen molar-refractivity contribution in [1.29, 1.82) is 0 Å². The van der Waals surface area contributed by atoms with Crippen molar-refractivity contribution >= 4 is 192 Å². The van der Waals surface area contributed by atoms with Gasteiger partial charge in [0.15, 0.2) is 43.3 Å². The first kappa shape index (κ1) is 96.3. The highest BCUT2D eigenvalue weighted by atomic mass is 35.5. The first-order chi connectivity index (χ1) is 65.5. The summed E-state index contributed by atoms with van der Waals surface area (Å²) in [6.07, 6.45) is 5.60. The van der Waals surface area contributed by atoms with Crippen LogP contribution in [0.4, 0.5) is 51.1 Å². The molecule has 1 N–H and O–H groups in total. The van der Waals surface area contributed by atoms with E-state index in [1.54, 1.807) is 42.5 Å². The van der Waals surface area contributed by atoms with Crippen LogP contribution in [0.3, 0.4) is 0 Å². The summed E-state index contributed by atoms with van der Waals surface area (Å²) in [5.74, 6) is -3.06. The average Bonchev–Trinajstić information content (AvgIpc) is 1.60. The van der Waals surface area contributed by atoms with Crippen LogP contribution in [0, 0.1) is 19.7 Å². The molecule has 5 fully saturated rings. The predicted molar refractivity (Wildman–Crippen MR) is 541 cm³/mol. The number of hydrogen-bond donors (Lipinski definition) is 1. The van der Waals surface area contributed by atoms with Gasteiger partial charge in [0.1, 0.15) is 10.5 Å². The molecule has 6 aromatic heterocycles. The molecule has 9 aromatic carbocycles. The number of aromatic amines is 1. The van der Waals surface area contributed by atoms with Crippen molar-refractivity contribution in [2.75, 3.05) is 162 Å². The second-order valence-electron chi connectivity index (χ2n) is 32.6. The van der Waals surface area contributed by atoms with Crippen LogP contribution in [0.25, 0.3) is 68.3 Å². The highest BCUT2D eigenvalue weighted by molar-refractivity contribution is 7.92. The zero-order chi connectivity index (χ0) is 94.3. The van der Waals surface area contributed by atoms with Gasteiger partial charge in [-0.05, 0) is 121 Å². The number of anilines is 5. The van der Waals surface area contributed by atoms with Crippen LogP contribution in [0.15, 0.2) is 199 Å². The number of H-pyrrole nitrogens is 1. The number of nitrogens with zero attached hydrogens (tertiary/aromatic N) is 12. The third-order valence-electron chi connectivity index (χ3n) is 23.5. The van der Waals surface area contributed by atoms with Crippen molar-refractivity contribution in [3.05, 3.63) is 309 Å². The van der Waals surface area contributed by atoms with E-state index in [9.17, 15) is 22.8 Å². The molecule has 0 aliphatic carbocycles. The number of carbonyl (C=O) groups is 3. The molecule has 0 unspecified atom stereocenters. The Kier molecular flexibility index (Phi) is 31.6. The summed E-state index contributed by atoms with van der Waals surface area (Å²) >= 11 is 18.9. The molecule has 0 saturated carbocycles. The van der Waals surface area contributed by atoms with E-state index in [1.807, 2.05) is 66.4 Å². The highest BCUT2D eigenvalue weighted by Gasteiger charge is 2.44. The van der Waals surface area contributed by atoms with Gasteiger partial charge < -0.3 is 48.2 Å². The van der Waals surface area contributed by atoms with Gasteiger partial charge in [-0.3, -0.25) is 19.5 Å². The predicted octanol–water partition coefficient (Wildman–Crippen LogP) is 23.0. The molecule has 0 amide bonds. The quantitative estimate of drug-likeness (QED) is 0.0521. The van der Waals surface area contributed by atoms with Gasteiger partial charge in [-0.15, -0.1) is 34.0 Å². The van der Waals surface area contributed by atoms with Crippen LogP contribution in [0.2, 0.25) is 10.0 Å². The topological polar surface area (TPSA) is 228 Å². The minimum absolute atomic E-state index is 0.0280. The molecule has 0 radical (unpaired) electrons. The second kappa shape index (κ2) is 44.3. The third-order valence-corrected chi connectivity index (χ3v) is 32.4. The molecule has 5 aliphatic heterocycles. The summed E-state index contributed by atoms with van der Waals surface area (Å²) in [6.45, 7) is 41.5. The number of nitrogens with one attached hydrogen (secondary N) is 1. The summed E-state index contributed by atoms with van der Waals surface area (Å²) in [5.41, 5.74) is 8.17. The number of morpholine rings is 5. The van der Waals surface area contributed by atoms with E-state index >= 15 is 8.78 Å². The summed E-state index contributed by atoms with van der Waals surface area (Å²) < 4.78 is 83.4. The number of fused-ring (bicyclic) bond motifs is 4. The Bertz CT molecular complexity index is 7070. The Morgan fingerprint density at radius 2 is 0.830 bits per heavy atom. The lowest BCUT2D eigenvalue weighted by atomic mass is 9.96. The molecule has 0 spiro atoms. The number of ketones is 3. The second-order valence-corrected chi connectivity index (χ2v) is 40.5. The SMILES string of the molecule is CCC(=O)c1sc(N2CCOCC2)nc1Cc1ccc(Cl)c(Cl)c1.CS(=O)(=O)c1sc(N2CCOCC2)nc1Cc1ccc2ccccc2c1.[C-]#[N+]c1c(N2CCOCC2)sc(-c2ncn[nH]2)c1Cc1ccc2ccccc2c1.[C-]#[N+]c1c(N2CCOCC2)sc(C(C)=O)c1C(F)(F)c1ccc2ccccc2c1.[C-]#[N+]c1c(N2CCOCC2)sc(C(C)=O)c1Cc1ccc2ccccc2c1. The summed E-state index contributed by atoms with van der Waals surface area (Å²) in [7, 11) is -3.32. The summed E-state index contributed by atoms with van der Waals surface area (Å²) in [6, 6.07) is 61.0. The number of halogens is 4. The fraction of sp³-hybridized carbons (Fsp3) is 0.294. The number of aromatic nitrogens is 5. The van der Waals surface area contributed by atoms with Crippen molar-refractivity contribution in [2.45, 2.75) is 63.0 Å². The lowest BCUT2D eigenvalue weighted by Gasteiger charge is -2.28. The molecular formula is C102H95Cl2F2N13O10S6. The Hall–Kier alpha value is -11.8. The van der Waals surface area contributed by atoms with E-state index < -0.39 is 27.1 Å². The van der Waals surface area contributed by atoms with E-state index in [1.165, 1.54) is 98.1 Å². The maximum Gasteiger partial charge on any atom is 0.291 e. The summed E-state index contributed by atoms with van der Waals surface area (Å²) in [4.78, 5) is 74.8. The first-order valence-electron chi connectivity index (χ1n) is 44.1. The fourth-order valence-electron chi connectivity index (χ4n) is 16.6. The standard InChI is InChI=1S/C22H18F2N2O2S.C22H19N5OS.C22H20N2O2S.C19H20N2O3S2.C17H18Cl2N2O2S/c1-14(27)20-18(19(25-2)21(29-20)26-9-11-28-12-10-26)22(23,24)17-8-7-15-5-3-4-6-16(15)13-17;1-23-19-18(13-15-6-7-16-4-2-3-5-17(16)12-15)20(21-24-14-25-26-21)29-22(19)27-8-10-28-11-9-27;1-15(25)21-19(14-16-7-8-17-5-3-4-6-18(17)13-16)20(23-2)22(27-21)24-9-11-26-12-10-24;1-26(22,23)18-17(20-19(25-18)21-8-10-24-11-9-21)13-14-6-7-15-4-2-3-5-16(15)12-14;1-2-15(22)16-14(10-11-3-4-12(18)13(19)9-11)20-17(24-16)21-5-7-23-8-6-21/h3-8,13H,9-12H2,1H3;2-7,12,14H,8-11,13H2,(H,24,25,26);3-8,13H,9-12,14H2,1H3;2-7,12H,8-11,13H2,1H3;3-4,9H,2,5-8,10H2,1H3. The first-order valence-corrected chi connectivity index (χ1v) is 50.8. The zero-order valence-electron chi connectivity index (χ0n) is 74.6. The van der Waals surface area contributed by atoms with Gasteiger partial charge in [0.05, 0.1) is 147 Å². The van der Waals surface area contributed by atoms with Gasteiger partial charge in [0.2, 0.25) is 17.1 Å². The van der Waals surface area contributed by atoms with Gasteiger partial charge in [-0.2, -0.15) is 13.9 Å². The Labute approximate surface area is 811 Å². The molecule has 33 heteroatoms. The van der Waals surface area contributed by atoms with Crippen molar-refractivity contribution < 1.29 is 55.3 Å². The van der Waals surface area contributed by atoms with E-state index in [0.717, 1.165) is 150 Å². The molecule has 11 heterocycles. The van der Waals surface area contributed by atoms with Crippen LogP contribution in [0.1, 0.15) is 112 Å².